The summed E-state index contributed by atoms with van der Waals surface area (Å²) in [5.74, 6) is -6.00. The minimum Gasteiger partial charge on any atom is -0.473 e. The molecule has 1 unspecified atom stereocenters. The van der Waals surface area contributed by atoms with Crippen molar-refractivity contribution in [1.82, 2.24) is 8.75 Å². The fourth-order valence-electron chi connectivity index (χ4n) is 1.41. The Morgan fingerprint density at radius 1 is 1.24 bits per heavy atom. The molecule has 0 bridgehead atoms. The van der Waals surface area contributed by atoms with E-state index in [9.17, 15) is 22.7 Å². The van der Waals surface area contributed by atoms with Gasteiger partial charge < -0.3 is 15.2 Å². The number of hydrogen-bond donors (Lipinski definition) is 2. The van der Waals surface area contributed by atoms with Gasteiger partial charge >= 0.3 is 0 Å². The molecule has 5 nitrogen and oxygen atoms in total. The molecule has 0 aliphatic carbocycles. The highest BCUT2D eigenvalue weighted by Crippen LogP contribution is 2.24. The van der Waals surface area contributed by atoms with Gasteiger partial charge in [0.1, 0.15) is 24.6 Å². The molecular formula is C11H9F4N3O2S. The lowest BCUT2D eigenvalue weighted by atomic mass is 10.2. The fourth-order valence-corrected chi connectivity index (χ4v) is 1.77. The van der Waals surface area contributed by atoms with E-state index < -0.39 is 35.1 Å². The monoisotopic (exact) mass is 323 g/mol. The molecule has 0 fully saturated rings. The summed E-state index contributed by atoms with van der Waals surface area (Å²) in [6.07, 6.45) is 0.142. The zero-order valence-electron chi connectivity index (χ0n) is 10.3. The van der Waals surface area contributed by atoms with Crippen molar-refractivity contribution in [3.63, 3.8) is 0 Å². The van der Waals surface area contributed by atoms with Gasteiger partial charge in [0.2, 0.25) is 5.88 Å². The molecule has 2 rings (SSSR count). The van der Waals surface area contributed by atoms with Crippen molar-refractivity contribution in [2.24, 2.45) is 0 Å². The molecule has 0 radical (unpaired) electrons. The van der Waals surface area contributed by atoms with E-state index in [4.69, 9.17) is 4.74 Å². The summed E-state index contributed by atoms with van der Waals surface area (Å²) in [4.78, 5) is 0. The Hall–Kier alpha value is -1.94. The van der Waals surface area contributed by atoms with Gasteiger partial charge in [0.15, 0.2) is 23.3 Å². The SMILES string of the molecule is OC(CNc1c(F)c(F)cc(F)c1F)COc1cnsn1. The fraction of sp³-hybridized carbons (Fsp3) is 0.273. The number of anilines is 1. The highest BCUT2D eigenvalue weighted by atomic mass is 32.1. The van der Waals surface area contributed by atoms with Gasteiger partial charge in [-0.05, 0) is 0 Å². The molecule has 2 aromatic rings. The molecule has 114 valence electrons. The van der Waals surface area contributed by atoms with Crippen LogP contribution in [-0.4, -0.2) is 33.1 Å². The zero-order valence-corrected chi connectivity index (χ0v) is 11.1. The van der Waals surface area contributed by atoms with Crippen molar-refractivity contribution in [1.29, 1.82) is 0 Å². The molecule has 0 saturated heterocycles. The van der Waals surface area contributed by atoms with Gasteiger partial charge in [0, 0.05) is 12.6 Å². The summed E-state index contributed by atoms with van der Waals surface area (Å²) < 4.78 is 65.0. The highest BCUT2D eigenvalue weighted by molar-refractivity contribution is 6.99. The van der Waals surface area contributed by atoms with E-state index in [0.717, 1.165) is 11.7 Å². The lowest BCUT2D eigenvalue weighted by Crippen LogP contribution is -2.27. The maximum absolute atomic E-state index is 13.3. The lowest BCUT2D eigenvalue weighted by Gasteiger charge is -2.14. The van der Waals surface area contributed by atoms with Gasteiger partial charge in [0.25, 0.3) is 0 Å². The lowest BCUT2D eigenvalue weighted by molar-refractivity contribution is 0.115. The van der Waals surface area contributed by atoms with Crippen molar-refractivity contribution >= 4 is 17.4 Å². The highest BCUT2D eigenvalue weighted by Gasteiger charge is 2.19. The number of nitrogens with zero attached hydrogens (tertiary/aromatic N) is 2. The normalized spacial score (nSPS) is 12.2. The quantitative estimate of drug-likeness (QED) is 0.628. The Morgan fingerprint density at radius 2 is 1.90 bits per heavy atom. The Kier molecular flexibility index (Phi) is 4.91. The maximum atomic E-state index is 13.3. The van der Waals surface area contributed by atoms with Crippen LogP contribution in [0.1, 0.15) is 0 Å². The number of benzene rings is 1. The van der Waals surface area contributed by atoms with Crippen LogP contribution in [0.5, 0.6) is 5.88 Å². The molecule has 0 spiro atoms. The third-order valence-corrected chi connectivity index (χ3v) is 2.85. The molecular weight excluding hydrogens is 314 g/mol. The van der Waals surface area contributed by atoms with Crippen LogP contribution in [0.4, 0.5) is 23.2 Å². The largest absolute Gasteiger partial charge is 0.473 e. The van der Waals surface area contributed by atoms with E-state index in [2.05, 4.69) is 14.1 Å². The van der Waals surface area contributed by atoms with Crippen LogP contribution in [0.3, 0.4) is 0 Å². The van der Waals surface area contributed by atoms with Crippen LogP contribution < -0.4 is 10.1 Å². The first-order chi connectivity index (χ1) is 9.99. The predicted molar refractivity (Wildman–Crippen MR) is 66.2 cm³/mol. The Balaban J connectivity index is 1.93. The van der Waals surface area contributed by atoms with Crippen molar-refractivity contribution in [3.8, 4) is 5.88 Å². The van der Waals surface area contributed by atoms with Gasteiger partial charge in [-0.2, -0.15) is 4.37 Å². The van der Waals surface area contributed by atoms with Crippen molar-refractivity contribution in [2.45, 2.75) is 6.10 Å². The van der Waals surface area contributed by atoms with E-state index in [1.165, 1.54) is 6.20 Å². The molecule has 1 aromatic carbocycles. The van der Waals surface area contributed by atoms with E-state index in [1.807, 2.05) is 0 Å². The first kappa shape index (κ1) is 15.4. The molecule has 21 heavy (non-hydrogen) atoms. The smallest absolute Gasteiger partial charge is 0.245 e. The Bertz CT molecular complexity index is 586. The number of ether oxygens (including phenoxy) is 1. The first-order valence-electron chi connectivity index (χ1n) is 5.64. The van der Waals surface area contributed by atoms with Crippen LogP contribution in [0.15, 0.2) is 12.3 Å². The molecule has 1 heterocycles. The van der Waals surface area contributed by atoms with Gasteiger partial charge in [-0.3, -0.25) is 0 Å². The van der Waals surface area contributed by atoms with Crippen LogP contribution in [0.25, 0.3) is 0 Å². The third-order valence-electron chi connectivity index (χ3n) is 2.39. The van der Waals surface area contributed by atoms with E-state index in [1.54, 1.807) is 0 Å². The standard InChI is InChI=1S/C11H9F4N3O2S/c12-6-1-7(13)10(15)11(9(6)14)16-2-5(19)4-20-8-3-17-21-18-8/h1,3,5,16,19H,2,4H2. The average Bonchev–Trinajstić information content (AvgIpc) is 2.96. The summed E-state index contributed by atoms with van der Waals surface area (Å²) in [6.45, 7) is -0.617. The Morgan fingerprint density at radius 3 is 2.48 bits per heavy atom. The van der Waals surface area contributed by atoms with Crippen LogP contribution in [0, 0.1) is 23.3 Å². The summed E-state index contributed by atoms with van der Waals surface area (Å²) in [7, 11) is 0. The number of aliphatic hydroxyl groups is 1. The second kappa shape index (κ2) is 6.68. The molecule has 1 aromatic heterocycles. The number of aliphatic hydroxyl groups excluding tert-OH is 1. The summed E-state index contributed by atoms with van der Waals surface area (Å²) in [5.41, 5.74) is -0.984. The topological polar surface area (TPSA) is 67.3 Å². The summed E-state index contributed by atoms with van der Waals surface area (Å²) >= 11 is 0.904. The second-order valence-corrected chi connectivity index (χ2v) is 4.49. The number of hydrogen-bond acceptors (Lipinski definition) is 6. The van der Waals surface area contributed by atoms with Gasteiger partial charge in [0.05, 0.1) is 11.7 Å². The molecule has 2 N–H and O–H groups in total. The second-order valence-electron chi connectivity index (χ2n) is 3.93. The molecule has 1 atom stereocenters. The van der Waals surface area contributed by atoms with Gasteiger partial charge in [-0.1, -0.05) is 0 Å². The molecule has 0 amide bonds. The van der Waals surface area contributed by atoms with Crippen LogP contribution in [0.2, 0.25) is 0 Å². The van der Waals surface area contributed by atoms with Gasteiger partial charge in [-0.25, -0.2) is 17.6 Å². The third kappa shape index (κ3) is 3.79. The van der Waals surface area contributed by atoms with E-state index >= 15 is 0 Å². The number of halogens is 4. The summed E-state index contributed by atoms with van der Waals surface area (Å²) in [6, 6.07) is 0.102. The van der Waals surface area contributed by atoms with E-state index in [0.29, 0.717) is 0 Å². The van der Waals surface area contributed by atoms with Crippen molar-refractivity contribution < 1.29 is 27.4 Å². The van der Waals surface area contributed by atoms with Crippen molar-refractivity contribution in [3.05, 3.63) is 35.5 Å². The molecule has 0 aliphatic rings. The molecule has 0 aliphatic heterocycles. The maximum Gasteiger partial charge on any atom is 0.245 e. The minimum absolute atomic E-state index is 0.102. The van der Waals surface area contributed by atoms with Crippen molar-refractivity contribution in [2.75, 3.05) is 18.5 Å². The minimum atomic E-state index is -1.56. The van der Waals surface area contributed by atoms with Gasteiger partial charge in [-0.15, -0.1) is 4.37 Å². The average molecular weight is 323 g/mol. The summed E-state index contributed by atoms with van der Waals surface area (Å²) in [5, 5.41) is 11.7. The van der Waals surface area contributed by atoms with Crippen LogP contribution >= 0.6 is 11.7 Å². The molecule has 10 heteroatoms. The zero-order chi connectivity index (χ0) is 15.4. The first-order valence-corrected chi connectivity index (χ1v) is 6.37. The number of nitrogens with one attached hydrogen (secondary N) is 1. The molecule has 0 saturated carbocycles. The number of rotatable bonds is 6. The predicted octanol–water partition coefficient (Wildman–Crippen LogP) is 1.95. The Labute approximate surface area is 120 Å². The van der Waals surface area contributed by atoms with E-state index in [-0.39, 0.29) is 25.1 Å². The number of aromatic nitrogens is 2. The van der Waals surface area contributed by atoms with Crippen LogP contribution in [-0.2, 0) is 0 Å².